The summed E-state index contributed by atoms with van der Waals surface area (Å²) in [6.45, 7) is 3.05. The monoisotopic (exact) mass is 319 g/mol. The molecule has 116 valence electrons. The van der Waals surface area contributed by atoms with Crippen molar-refractivity contribution < 1.29 is 23.4 Å². The van der Waals surface area contributed by atoms with Gasteiger partial charge in [-0.1, -0.05) is 18.2 Å². The van der Waals surface area contributed by atoms with E-state index in [0.29, 0.717) is 16.9 Å². The standard InChI is InChI=1S/C16H16O5S/c1-10-14(8-7-13(11(2)17)16(10)18)21-9-12-5-3-4-6-15(12)22(19)20/h3-8,18H,9H2,1-2H3,(H,19,20)/p-1. The Kier molecular flexibility index (Phi) is 4.95. The Labute approximate surface area is 130 Å². The fraction of sp³-hybridized carbons (Fsp3) is 0.188. The zero-order valence-electron chi connectivity index (χ0n) is 12.2. The number of phenols is 1. The number of benzene rings is 2. The molecule has 5 nitrogen and oxygen atoms in total. The van der Waals surface area contributed by atoms with Gasteiger partial charge in [0.15, 0.2) is 5.78 Å². The SMILES string of the molecule is CC(=O)c1ccc(OCc2ccccc2S(=O)[O-])c(C)c1O. The van der Waals surface area contributed by atoms with E-state index in [-0.39, 0.29) is 28.6 Å². The number of aromatic hydroxyl groups is 1. The van der Waals surface area contributed by atoms with Gasteiger partial charge in [0, 0.05) is 16.0 Å². The van der Waals surface area contributed by atoms with E-state index in [1.165, 1.54) is 19.1 Å². The van der Waals surface area contributed by atoms with Gasteiger partial charge in [-0.15, -0.1) is 0 Å². The van der Waals surface area contributed by atoms with Crippen LogP contribution in [0.3, 0.4) is 0 Å². The van der Waals surface area contributed by atoms with Gasteiger partial charge in [0.1, 0.15) is 18.1 Å². The lowest BCUT2D eigenvalue weighted by molar-refractivity contribution is 0.101. The zero-order chi connectivity index (χ0) is 16.3. The average Bonchev–Trinajstić information content (AvgIpc) is 2.48. The molecule has 0 saturated heterocycles. The van der Waals surface area contributed by atoms with E-state index in [1.54, 1.807) is 31.2 Å². The topological polar surface area (TPSA) is 86.7 Å². The molecule has 2 aromatic carbocycles. The first-order valence-corrected chi connectivity index (χ1v) is 7.62. The Bertz CT molecular complexity index is 739. The summed E-state index contributed by atoms with van der Waals surface area (Å²) < 4.78 is 27.9. The third-order valence-corrected chi connectivity index (χ3v) is 4.05. The summed E-state index contributed by atoms with van der Waals surface area (Å²) in [7, 11) is 0. The van der Waals surface area contributed by atoms with Crippen molar-refractivity contribution in [3.05, 3.63) is 53.1 Å². The number of hydrogen-bond acceptors (Lipinski definition) is 5. The summed E-state index contributed by atoms with van der Waals surface area (Å²) in [6.07, 6.45) is 0. The van der Waals surface area contributed by atoms with Gasteiger partial charge in [-0.3, -0.25) is 9.00 Å². The minimum atomic E-state index is -2.34. The second-order valence-corrected chi connectivity index (χ2v) is 5.68. The second-order valence-electron chi connectivity index (χ2n) is 4.77. The van der Waals surface area contributed by atoms with Crippen LogP contribution in [0.1, 0.15) is 28.4 Å². The highest BCUT2D eigenvalue weighted by Crippen LogP contribution is 2.31. The Morgan fingerprint density at radius 1 is 1.27 bits per heavy atom. The summed E-state index contributed by atoms with van der Waals surface area (Å²) >= 11 is -2.34. The molecule has 0 radical (unpaired) electrons. The van der Waals surface area contributed by atoms with Crippen LogP contribution in [0, 0.1) is 6.92 Å². The van der Waals surface area contributed by atoms with Crippen molar-refractivity contribution in [1.82, 2.24) is 0 Å². The van der Waals surface area contributed by atoms with E-state index >= 15 is 0 Å². The predicted molar refractivity (Wildman–Crippen MR) is 80.8 cm³/mol. The van der Waals surface area contributed by atoms with Crippen LogP contribution in [-0.2, 0) is 17.7 Å². The third-order valence-electron chi connectivity index (χ3n) is 3.30. The molecule has 0 saturated carbocycles. The number of phenolic OH excluding ortho intramolecular Hbond substituents is 1. The number of ketones is 1. The Morgan fingerprint density at radius 2 is 1.95 bits per heavy atom. The quantitative estimate of drug-likeness (QED) is 0.676. The third kappa shape index (κ3) is 3.35. The van der Waals surface area contributed by atoms with E-state index in [0.717, 1.165) is 0 Å². The lowest BCUT2D eigenvalue weighted by atomic mass is 10.1. The molecular formula is C16H15O5S-. The zero-order valence-corrected chi connectivity index (χ0v) is 13.0. The van der Waals surface area contributed by atoms with Crippen molar-refractivity contribution in [3.63, 3.8) is 0 Å². The normalized spacial score (nSPS) is 12.0. The van der Waals surface area contributed by atoms with E-state index < -0.39 is 11.1 Å². The highest BCUT2D eigenvalue weighted by molar-refractivity contribution is 7.79. The summed E-state index contributed by atoms with van der Waals surface area (Å²) in [5.74, 6) is 0.0407. The number of rotatable bonds is 5. The van der Waals surface area contributed by atoms with Gasteiger partial charge >= 0.3 is 0 Å². The molecule has 0 aromatic heterocycles. The van der Waals surface area contributed by atoms with E-state index in [2.05, 4.69) is 0 Å². The molecule has 1 N–H and O–H groups in total. The maximum atomic E-state index is 11.4. The maximum Gasteiger partial charge on any atom is 0.163 e. The maximum absolute atomic E-state index is 11.4. The van der Waals surface area contributed by atoms with Crippen LogP contribution in [-0.4, -0.2) is 19.7 Å². The Balaban J connectivity index is 2.25. The first-order valence-electron chi connectivity index (χ1n) is 6.55. The molecule has 0 amide bonds. The predicted octanol–water partition coefficient (Wildman–Crippen LogP) is 2.72. The highest BCUT2D eigenvalue weighted by Gasteiger charge is 2.13. The number of carbonyl (C=O) groups is 1. The van der Waals surface area contributed by atoms with Crippen LogP contribution < -0.4 is 4.74 Å². The highest BCUT2D eigenvalue weighted by atomic mass is 32.2. The molecular weight excluding hydrogens is 304 g/mol. The van der Waals surface area contributed by atoms with Crippen molar-refractivity contribution in [3.8, 4) is 11.5 Å². The number of ether oxygens (including phenoxy) is 1. The van der Waals surface area contributed by atoms with Gasteiger partial charge in [-0.05, 0) is 43.1 Å². The van der Waals surface area contributed by atoms with Gasteiger partial charge < -0.3 is 14.4 Å². The molecule has 0 spiro atoms. The van der Waals surface area contributed by atoms with Gasteiger partial charge in [0.05, 0.1) is 5.56 Å². The van der Waals surface area contributed by atoms with Crippen LogP contribution in [0.25, 0.3) is 0 Å². The Hall–Kier alpha value is -2.18. The van der Waals surface area contributed by atoms with E-state index in [9.17, 15) is 18.7 Å². The van der Waals surface area contributed by atoms with Gasteiger partial charge in [-0.2, -0.15) is 0 Å². The second kappa shape index (κ2) is 6.72. The van der Waals surface area contributed by atoms with Crippen LogP contribution in [0.4, 0.5) is 0 Å². The van der Waals surface area contributed by atoms with Crippen LogP contribution in [0.5, 0.6) is 11.5 Å². The van der Waals surface area contributed by atoms with Crippen LogP contribution in [0.2, 0.25) is 0 Å². The van der Waals surface area contributed by atoms with Gasteiger partial charge in [-0.25, -0.2) is 0 Å². The largest absolute Gasteiger partial charge is 0.768 e. The molecule has 0 bridgehead atoms. The molecule has 2 rings (SSSR count). The molecule has 0 heterocycles. The van der Waals surface area contributed by atoms with Gasteiger partial charge in [0.25, 0.3) is 0 Å². The molecule has 1 atom stereocenters. The van der Waals surface area contributed by atoms with Crippen molar-refractivity contribution >= 4 is 16.9 Å². The molecule has 6 heteroatoms. The molecule has 22 heavy (non-hydrogen) atoms. The number of carbonyl (C=O) groups excluding carboxylic acids is 1. The molecule has 0 aliphatic rings. The summed E-state index contributed by atoms with van der Waals surface area (Å²) in [4.78, 5) is 11.5. The Morgan fingerprint density at radius 3 is 2.59 bits per heavy atom. The summed E-state index contributed by atoms with van der Waals surface area (Å²) in [6, 6.07) is 9.57. The minimum Gasteiger partial charge on any atom is -0.768 e. The average molecular weight is 319 g/mol. The first-order chi connectivity index (χ1) is 10.4. The van der Waals surface area contributed by atoms with Crippen molar-refractivity contribution in [1.29, 1.82) is 0 Å². The number of Topliss-reactive ketones (excluding diaryl/α,β-unsaturated/α-hetero) is 1. The fourth-order valence-corrected chi connectivity index (χ4v) is 2.59. The van der Waals surface area contributed by atoms with Crippen LogP contribution >= 0.6 is 0 Å². The minimum absolute atomic E-state index is 0.0455. The lowest BCUT2D eigenvalue weighted by Crippen LogP contribution is -2.03. The summed E-state index contributed by atoms with van der Waals surface area (Å²) in [5, 5.41) is 9.99. The van der Waals surface area contributed by atoms with E-state index in [1.807, 2.05) is 0 Å². The number of hydrogen-bond donors (Lipinski definition) is 1. The van der Waals surface area contributed by atoms with Crippen LogP contribution in [0.15, 0.2) is 41.3 Å². The smallest absolute Gasteiger partial charge is 0.163 e. The molecule has 0 aliphatic carbocycles. The molecule has 0 aliphatic heterocycles. The molecule has 1 unspecified atom stereocenters. The summed E-state index contributed by atoms with van der Waals surface area (Å²) in [5.41, 5.74) is 1.18. The fourth-order valence-electron chi connectivity index (χ4n) is 2.06. The lowest BCUT2D eigenvalue weighted by Gasteiger charge is -2.15. The molecule has 2 aromatic rings. The van der Waals surface area contributed by atoms with Crippen molar-refractivity contribution in [2.45, 2.75) is 25.3 Å². The molecule has 0 fully saturated rings. The van der Waals surface area contributed by atoms with E-state index in [4.69, 9.17) is 4.74 Å². The van der Waals surface area contributed by atoms with Gasteiger partial charge in [0.2, 0.25) is 0 Å². The first kappa shape index (κ1) is 16.2. The van der Waals surface area contributed by atoms with Crippen molar-refractivity contribution in [2.24, 2.45) is 0 Å². The van der Waals surface area contributed by atoms with Crippen molar-refractivity contribution in [2.75, 3.05) is 0 Å².